The minimum absolute atomic E-state index is 0.0808. The number of nitriles is 1. The number of aliphatic imine (C=N–C) groups is 1. The Morgan fingerprint density at radius 2 is 1.97 bits per heavy atom. The number of aryl methyl sites for hydroxylation is 2. The first kappa shape index (κ1) is 26.4. The lowest BCUT2D eigenvalue weighted by molar-refractivity contribution is 0.271. The summed E-state index contributed by atoms with van der Waals surface area (Å²) in [6.45, 7) is 11.1. The molecule has 2 aliphatic rings. The molecule has 1 fully saturated rings. The third kappa shape index (κ3) is 5.38. The van der Waals surface area contributed by atoms with Crippen LogP contribution in [0.5, 0.6) is 5.75 Å². The maximum atomic E-state index is 15.5. The molecule has 1 N–H and O–H groups in total. The number of nitrogens with one attached hydrogen (secondary N) is 1. The van der Waals surface area contributed by atoms with Crippen LogP contribution >= 0.6 is 0 Å². The molecule has 8 nitrogen and oxygen atoms in total. The number of rotatable bonds is 5. The van der Waals surface area contributed by atoms with E-state index in [0.29, 0.717) is 29.2 Å². The summed E-state index contributed by atoms with van der Waals surface area (Å²) >= 11 is 0. The van der Waals surface area contributed by atoms with Gasteiger partial charge in [0.2, 0.25) is 0 Å². The van der Waals surface area contributed by atoms with Crippen LogP contribution in [0, 0.1) is 30.0 Å². The summed E-state index contributed by atoms with van der Waals surface area (Å²) in [7, 11) is 1.90. The van der Waals surface area contributed by atoms with Crippen LogP contribution in [-0.4, -0.2) is 53.0 Å². The number of amidine groups is 1. The first-order chi connectivity index (χ1) is 18.9. The van der Waals surface area contributed by atoms with Crippen LogP contribution < -0.4 is 15.0 Å². The molecule has 0 bridgehead atoms. The highest BCUT2D eigenvalue weighted by atomic mass is 19.1. The zero-order valence-corrected chi connectivity index (χ0v) is 22.9. The van der Waals surface area contributed by atoms with Gasteiger partial charge >= 0.3 is 0 Å². The zero-order chi connectivity index (χ0) is 27.5. The SMILES string of the molecule is CCN1CCN(c2ccc(NC3=N/C=C/CC(C)C(Oc4ccc5c(cc(C)n5C)c4F)=C3C#N)nc2)CC1. The monoisotopic (exact) mass is 527 g/mol. The third-order valence-electron chi connectivity index (χ3n) is 7.61. The smallest absolute Gasteiger partial charge is 0.175 e. The molecule has 0 spiro atoms. The van der Waals surface area contributed by atoms with Gasteiger partial charge in [-0.25, -0.2) is 14.4 Å². The predicted octanol–water partition coefficient (Wildman–Crippen LogP) is 5.38. The topological polar surface area (TPSA) is 81.7 Å². The summed E-state index contributed by atoms with van der Waals surface area (Å²) in [5.41, 5.74) is 3.01. The quantitative estimate of drug-likeness (QED) is 0.480. The highest BCUT2D eigenvalue weighted by molar-refractivity contribution is 6.11. The van der Waals surface area contributed by atoms with Gasteiger partial charge in [-0.05, 0) is 50.2 Å². The van der Waals surface area contributed by atoms with Gasteiger partial charge in [-0.1, -0.05) is 19.9 Å². The summed E-state index contributed by atoms with van der Waals surface area (Å²) in [4.78, 5) is 13.8. The number of anilines is 2. The fraction of sp³-hybridized carbons (Fsp3) is 0.367. The van der Waals surface area contributed by atoms with Gasteiger partial charge in [0.15, 0.2) is 17.4 Å². The van der Waals surface area contributed by atoms with Crippen molar-refractivity contribution >= 4 is 28.2 Å². The van der Waals surface area contributed by atoms with E-state index in [2.05, 4.69) is 38.1 Å². The highest BCUT2D eigenvalue weighted by Crippen LogP contribution is 2.33. The first-order valence-corrected chi connectivity index (χ1v) is 13.4. The minimum Gasteiger partial charge on any atom is -0.457 e. The molecule has 3 aromatic rings. The lowest BCUT2D eigenvalue weighted by atomic mass is 9.99. The lowest BCUT2D eigenvalue weighted by Crippen LogP contribution is -2.46. The van der Waals surface area contributed by atoms with Crippen molar-refractivity contribution in [2.45, 2.75) is 27.2 Å². The van der Waals surface area contributed by atoms with Gasteiger partial charge in [-0.3, -0.25) is 0 Å². The number of benzene rings is 1. The lowest BCUT2D eigenvalue weighted by Gasteiger charge is -2.35. The van der Waals surface area contributed by atoms with Crippen molar-refractivity contribution in [3.63, 3.8) is 0 Å². The number of piperazine rings is 1. The van der Waals surface area contributed by atoms with Gasteiger partial charge in [-0.2, -0.15) is 5.26 Å². The van der Waals surface area contributed by atoms with E-state index in [-0.39, 0.29) is 17.2 Å². The Morgan fingerprint density at radius 3 is 2.67 bits per heavy atom. The van der Waals surface area contributed by atoms with Crippen LogP contribution in [0.1, 0.15) is 26.0 Å². The molecule has 0 radical (unpaired) electrons. The summed E-state index contributed by atoms with van der Waals surface area (Å²) in [6.07, 6.45) is 6.03. The number of nitrogens with zero attached hydrogens (tertiary/aromatic N) is 6. The zero-order valence-electron chi connectivity index (χ0n) is 22.9. The Labute approximate surface area is 228 Å². The molecular formula is C30H34FN7O. The van der Waals surface area contributed by atoms with Gasteiger partial charge in [-0.15, -0.1) is 0 Å². The van der Waals surface area contributed by atoms with Crippen LogP contribution in [0.2, 0.25) is 0 Å². The second kappa shape index (κ2) is 11.3. The molecule has 4 heterocycles. The van der Waals surface area contributed by atoms with Crippen LogP contribution in [0.15, 0.2) is 65.1 Å². The standard InChI is InChI=1S/C30H34FN7O/c1-5-37-13-15-38(16-14-37)22-8-11-27(34-19-22)35-30-24(18-32)29(20(2)7-6-12-33-30)39-26-10-9-25-23(28(26)31)17-21(3)36(25)4/h6,8-12,17,19-20H,5,7,13-16H2,1-4H3,(H,33,34,35)/b12-6+,29-24?. The van der Waals surface area contributed by atoms with E-state index in [1.807, 2.05) is 55.9 Å². The summed E-state index contributed by atoms with van der Waals surface area (Å²) in [5.74, 6) is 0.693. The Bertz CT molecular complexity index is 1490. The molecule has 39 heavy (non-hydrogen) atoms. The van der Waals surface area contributed by atoms with Crippen molar-refractivity contribution < 1.29 is 9.13 Å². The van der Waals surface area contributed by atoms with E-state index >= 15 is 4.39 Å². The number of fused-ring (bicyclic) bond motifs is 1. The fourth-order valence-corrected chi connectivity index (χ4v) is 5.06. The van der Waals surface area contributed by atoms with Gasteiger partial charge in [0.1, 0.15) is 23.2 Å². The first-order valence-electron chi connectivity index (χ1n) is 13.4. The number of hydrogen-bond acceptors (Lipinski definition) is 7. The van der Waals surface area contributed by atoms with E-state index in [0.717, 1.165) is 49.6 Å². The number of halogens is 1. The average molecular weight is 528 g/mol. The molecule has 1 atom stereocenters. The number of ether oxygens (including phenoxy) is 1. The Kier molecular flexibility index (Phi) is 7.66. The van der Waals surface area contributed by atoms with Crippen molar-refractivity contribution in [1.29, 1.82) is 5.26 Å². The van der Waals surface area contributed by atoms with E-state index in [4.69, 9.17) is 4.74 Å². The molecule has 1 saturated heterocycles. The number of pyridine rings is 1. The fourth-order valence-electron chi connectivity index (χ4n) is 5.06. The second-order valence-electron chi connectivity index (χ2n) is 10.1. The van der Waals surface area contributed by atoms with Crippen LogP contribution in [0.4, 0.5) is 15.9 Å². The maximum Gasteiger partial charge on any atom is 0.175 e. The number of allylic oxidation sites excluding steroid dienone is 2. The molecular weight excluding hydrogens is 493 g/mol. The molecule has 1 unspecified atom stereocenters. The molecule has 1 aromatic carbocycles. The highest BCUT2D eigenvalue weighted by Gasteiger charge is 2.25. The normalized spacial score (nSPS) is 19.3. The molecule has 2 aromatic heterocycles. The predicted molar refractivity (Wildman–Crippen MR) is 153 cm³/mol. The van der Waals surface area contributed by atoms with Crippen LogP contribution in [-0.2, 0) is 7.05 Å². The van der Waals surface area contributed by atoms with Crippen molar-refractivity contribution in [3.8, 4) is 11.8 Å². The minimum atomic E-state index is -0.450. The summed E-state index contributed by atoms with van der Waals surface area (Å²) in [6, 6.07) is 11.4. The Hall–Kier alpha value is -4.16. The van der Waals surface area contributed by atoms with Gasteiger partial charge in [0, 0.05) is 56.4 Å². The number of aromatic nitrogens is 2. The van der Waals surface area contributed by atoms with Crippen LogP contribution in [0.3, 0.4) is 0 Å². The number of hydrogen-bond donors (Lipinski definition) is 1. The van der Waals surface area contributed by atoms with E-state index < -0.39 is 5.82 Å². The molecule has 0 aliphatic carbocycles. The summed E-state index contributed by atoms with van der Waals surface area (Å²) < 4.78 is 23.6. The van der Waals surface area contributed by atoms with Crippen molar-refractivity contribution in [1.82, 2.24) is 14.5 Å². The van der Waals surface area contributed by atoms with Gasteiger partial charge < -0.3 is 24.4 Å². The second-order valence-corrected chi connectivity index (χ2v) is 10.1. The number of likely N-dealkylation sites (N-methyl/N-ethyl adjacent to an activating group) is 1. The van der Waals surface area contributed by atoms with E-state index in [1.54, 1.807) is 18.3 Å². The molecule has 0 saturated carbocycles. The van der Waals surface area contributed by atoms with Crippen LogP contribution in [0.25, 0.3) is 10.9 Å². The average Bonchev–Trinajstić information content (AvgIpc) is 3.25. The van der Waals surface area contributed by atoms with Crippen molar-refractivity contribution in [2.75, 3.05) is 42.9 Å². The molecule has 0 amide bonds. The van der Waals surface area contributed by atoms with E-state index in [1.165, 1.54) is 0 Å². The van der Waals surface area contributed by atoms with Crippen molar-refractivity contribution in [2.24, 2.45) is 18.0 Å². The Balaban J connectivity index is 1.42. The van der Waals surface area contributed by atoms with E-state index in [9.17, 15) is 5.26 Å². The molecule has 9 heteroatoms. The van der Waals surface area contributed by atoms with Gasteiger partial charge in [0.05, 0.1) is 17.4 Å². The molecule has 5 rings (SSSR count). The summed E-state index contributed by atoms with van der Waals surface area (Å²) in [5, 5.41) is 13.9. The molecule has 2 aliphatic heterocycles. The van der Waals surface area contributed by atoms with Crippen molar-refractivity contribution in [3.05, 3.63) is 71.6 Å². The Morgan fingerprint density at radius 1 is 1.18 bits per heavy atom. The molecule has 202 valence electrons. The van der Waals surface area contributed by atoms with Gasteiger partial charge in [0.25, 0.3) is 0 Å². The maximum absolute atomic E-state index is 15.5. The largest absolute Gasteiger partial charge is 0.457 e. The third-order valence-corrected chi connectivity index (χ3v) is 7.61.